The highest BCUT2D eigenvalue weighted by atomic mass is 16.4. The maximum atomic E-state index is 12.3. The van der Waals surface area contributed by atoms with Crippen LogP contribution in [0.5, 0.6) is 5.75 Å². The summed E-state index contributed by atoms with van der Waals surface area (Å²) in [6, 6.07) is 13.5. The number of benzene rings is 2. The number of carbonyl (C=O) groups is 2. The number of piperazine rings is 1. The molecule has 1 unspecified atom stereocenters. The molecule has 1 atom stereocenters. The zero-order chi connectivity index (χ0) is 21.2. The van der Waals surface area contributed by atoms with Crippen molar-refractivity contribution in [1.29, 1.82) is 0 Å². The average Bonchev–Trinajstić information content (AvgIpc) is 2.68. The molecular weight excluding hydrogens is 370 g/mol. The third-order valence-corrected chi connectivity index (χ3v) is 5.25. The molecule has 1 heterocycles. The van der Waals surface area contributed by atoms with Gasteiger partial charge in [0.2, 0.25) is 0 Å². The number of amides is 2. The molecule has 29 heavy (non-hydrogen) atoms. The number of carboxylic acid groups (broad SMARTS) is 1. The molecule has 1 saturated heterocycles. The fourth-order valence-electron chi connectivity index (χ4n) is 3.56. The minimum atomic E-state index is -0.878. The maximum Gasteiger partial charge on any atom is 0.407 e. The molecule has 154 valence electrons. The maximum absolute atomic E-state index is 12.3. The molecule has 1 fully saturated rings. The molecule has 2 aromatic carbocycles. The fraction of sp³-hybridized carbons (Fsp3) is 0.364. The summed E-state index contributed by atoms with van der Waals surface area (Å²) in [6.07, 6.45) is -0.878. The van der Waals surface area contributed by atoms with Crippen molar-refractivity contribution in [2.45, 2.75) is 26.8 Å². The average molecular weight is 397 g/mol. The van der Waals surface area contributed by atoms with E-state index in [2.05, 4.69) is 31.0 Å². The standard InChI is InChI=1S/C22H27N3O4/c1-22(2,3)19-14-24(12-13-25(19)21(28)29)17-8-6-16(7-9-17)23-20(27)15-4-10-18(26)11-5-15/h4-11,19,26H,12-14H2,1-3H3,(H,23,27)(H,28,29). The van der Waals surface area contributed by atoms with Gasteiger partial charge in [-0.05, 0) is 53.9 Å². The summed E-state index contributed by atoms with van der Waals surface area (Å²) in [4.78, 5) is 27.6. The summed E-state index contributed by atoms with van der Waals surface area (Å²) in [5, 5.41) is 21.7. The first-order valence-corrected chi connectivity index (χ1v) is 9.60. The Kier molecular flexibility index (Phi) is 5.68. The van der Waals surface area contributed by atoms with Crippen LogP contribution in [0.15, 0.2) is 48.5 Å². The van der Waals surface area contributed by atoms with Crippen LogP contribution < -0.4 is 10.2 Å². The molecule has 0 aliphatic carbocycles. The molecule has 3 N–H and O–H groups in total. The van der Waals surface area contributed by atoms with E-state index in [1.165, 1.54) is 17.0 Å². The van der Waals surface area contributed by atoms with Crippen molar-refractivity contribution in [2.75, 3.05) is 29.9 Å². The molecule has 0 spiro atoms. The van der Waals surface area contributed by atoms with E-state index in [0.717, 1.165) is 5.69 Å². The van der Waals surface area contributed by atoms with Gasteiger partial charge in [0.1, 0.15) is 5.75 Å². The topological polar surface area (TPSA) is 93.1 Å². The molecule has 2 aromatic rings. The number of nitrogens with zero attached hydrogens (tertiary/aromatic N) is 2. The van der Waals surface area contributed by atoms with Crippen molar-refractivity contribution in [2.24, 2.45) is 5.41 Å². The summed E-state index contributed by atoms with van der Waals surface area (Å²) in [5.74, 6) is -0.136. The van der Waals surface area contributed by atoms with Crippen molar-refractivity contribution >= 4 is 23.4 Å². The van der Waals surface area contributed by atoms with Crippen LogP contribution in [0.25, 0.3) is 0 Å². The van der Waals surface area contributed by atoms with Gasteiger partial charge < -0.3 is 25.3 Å². The zero-order valence-corrected chi connectivity index (χ0v) is 16.9. The second-order valence-corrected chi connectivity index (χ2v) is 8.35. The highest BCUT2D eigenvalue weighted by Crippen LogP contribution is 2.30. The molecule has 1 aliphatic rings. The van der Waals surface area contributed by atoms with Crippen LogP contribution in [0.3, 0.4) is 0 Å². The van der Waals surface area contributed by atoms with Gasteiger partial charge in [0.15, 0.2) is 0 Å². The van der Waals surface area contributed by atoms with Gasteiger partial charge in [0.05, 0.1) is 6.04 Å². The minimum Gasteiger partial charge on any atom is -0.508 e. The summed E-state index contributed by atoms with van der Waals surface area (Å²) < 4.78 is 0. The molecule has 7 heteroatoms. The van der Waals surface area contributed by atoms with E-state index in [4.69, 9.17) is 0 Å². The van der Waals surface area contributed by atoms with E-state index >= 15 is 0 Å². The lowest BCUT2D eigenvalue weighted by Gasteiger charge is -2.46. The van der Waals surface area contributed by atoms with Crippen molar-refractivity contribution in [3.05, 3.63) is 54.1 Å². The number of aromatic hydroxyl groups is 1. The van der Waals surface area contributed by atoms with Crippen LogP contribution in [0, 0.1) is 5.41 Å². The van der Waals surface area contributed by atoms with Gasteiger partial charge in [0.25, 0.3) is 5.91 Å². The van der Waals surface area contributed by atoms with Gasteiger partial charge in [-0.3, -0.25) is 4.79 Å². The van der Waals surface area contributed by atoms with Crippen molar-refractivity contribution in [1.82, 2.24) is 4.90 Å². The Labute approximate surface area is 170 Å². The molecule has 1 aliphatic heterocycles. The van der Waals surface area contributed by atoms with Gasteiger partial charge in [-0.2, -0.15) is 0 Å². The second kappa shape index (κ2) is 8.03. The Bertz CT molecular complexity index is 872. The van der Waals surface area contributed by atoms with Crippen LogP contribution in [0.4, 0.5) is 16.2 Å². The highest BCUT2D eigenvalue weighted by molar-refractivity contribution is 6.04. The fourth-order valence-corrected chi connectivity index (χ4v) is 3.56. The number of rotatable bonds is 3. The Morgan fingerprint density at radius 2 is 1.62 bits per heavy atom. The first kappa shape index (κ1) is 20.5. The number of nitrogens with one attached hydrogen (secondary N) is 1. The lowest BCUT2D eigenvalue weighted by atomic mass is 9.84. The molecule has 0 saturated carbocycles. The van der Waals surface area contributed by atoms with Gasteiger partial charge in [-0.25, -0.2) is 4.79 Å². The third kappa shape index (κ3) is 4.80. The van der Waals surface area contributed by atoms with E-state index in [9.17, 15) is 19.8 Å². The predicted molar refractivity (Wildman–Crippen MR) is 113 cm³/mol. The minimum absolute atomic E-state index is 0.109. The molecule has 0 radical (unpaired) electrons. The number of anilines is 2. The van der Waals surface area contributed by atoms with Crippen LogP contribution in [0.1, 0.15) is 31.1 Å². The van der Waals surface area contributed by atoms with E-state index in [1.54, 1.807) is 12.1 Å². The quantitative estimate of drug-likeness (QED) is 0.731. The van der Waals surface area contributed by atoms with Gasteiger partial charge in [0, 0.05) is 36.6 Å². The van der Waals surface area contributed by atoms with E-state index in [0.29, 0.717) is 30.9 Å². The van der Waals surface area contributed by atoms with E-state index in [-0.39, 0.29) is 23.1 Å². The normalized spacial score (nSPS) is 17.1. The monoisotopic (exact) mass is 397 g/mol. The smallest absolute Gasteiger partial charge is 0.407 e. The van der Waals surface area contributed by atoms with E-state index in [1.807, 2.05) is 24.3 Å². The number of hydrogen-bond acceptors (Lipinski definition) is 4. The molecule has 7 nitrogen and oxygen atoms in total. The SMILES string of the molecule is CC(C)(C)C1CN(c2ccc(NC(=O)c3ccc(O)cc3)cc2)CCN1C(=O)O. The Hall–Kier alpha value is -3.22. The number of phenols is 1. The summed E-state index contributed by atoms with van der Waals surface area (Å²) in [7, 11) is 0. The van der Waals surface area contributed by atoms with Crippen LogP contribution in [-0.2, 0) is 0 Å². The molecule has 3 rings (SSSR count). The first-order chi connectivity index (χ1) is 13.6. The van der Waals surface area contributed by atoms with Crippen molar-refractivity contribution < 1.29 is 19.8 Å². The largest absolute Gasteiger partial charge is 0.508 e. The number of carbonyl (C=O) groups excluding carboxylic acids is 1. The lowest BCUT2D eigenvalue weighted by Crippen LogP contribution is -2.59. The second-order valence-electron chi connectivity index (χ2n) is 8.35. The van der Waals surface area contributed by atoms with Crippen LogP contribution in [-0.4, -0.2) is 52.8 Å². The predicted octanol–water partition coefficient (Wildman–Crippen LogP) is 3.86. The molecule has 0 bridgehead atoms. The number of hydrogen-bond donors (Lipinski definition) is 3. The Morgan fingerprint density at radius 1 is 1.00 bits per heavy atom. The Morgan fingerprint density at radius 3 is 2.17 bits per heavy atom. The lowest BCUT2D eigenvalue weighted by molar-refractivity contribution is 0.0748. The zero-order valence-electron chi connectivity index (χ0n) is 16.9. The van der Waals surface area contributed by atoms with E-state index < -0.39 is 6.09 Å². The molecule has 2 amide bonds. The first-order valence-electron chi connectivity index (χ1n) is 9.60. The van der Waals surface area contributed by atoms with Crippen molar-refractivity contribution in [3.8, 4) is 5.75 Å². The highest BCUT2D eigenvalue weighted by Gasteiger charge is 2.38. The molecular formula is C22H27N3O4. The van der Waals surface area contributed by atoms with Crippen molar-refractivity contribution in [3.63, 3.8) is 0 Å². The van der Waals surface area contributed by atoms with Crippen LogP contribution in [0.2, 0.25) is 0 Å². The third-order valence-electron chi connectivity index (χ3n) is 5.25. The summed E-state index contributed by atoms with van der Waals surface area (Å²) in [6.45, 7) is 7.86. The summed E-state index contributed by atoms with van der Waals surface area (Å²) >= 11 is 0. The van der Waals surface area contributed by atoms with Gasteiger partial charge >= 0.3 is 6.09 Å². The number of phenolic OH excluding ortho intramolecular Hbond substituents is 1. The van der Waals surface area contributed by atoms with Crippen LogP contribution >= 0.6 is 0 Å². The molecule has 0 aromatic heterocycles. The van der Waals surface area contributed by atoms with Gasteiger partial charge in [-0.1, -0.05) is 20.8 Å². The Balaban J connectivity index is 1.69. The van der Waals surface area contributed by atoms with Gasteiger partial charge in [-0.15, -0.1) is 0 Å². The summed E-state index contributed by atoms with van der Waals surface area (Å²) in [5.41, 5.74) is 1.95.